The van der Waals surface area contributed by atoms with Gasteiger partial charge in [0, 0.05) is 54.2 Å². The zero-order valence-electron chi connectivity index (χ0n) is 23.1. The highest BCUT2D eigenvalue weighted by molar-refractivity contribution is 7.93. The van der Waals surface area contributed by atoms with E-state index in [1.807, 2.05) is 42.5 Å². The minimum Gasteiger partial charge on any atom is -0.355 e. The summed E-state index contributed by atoms with van der Waals surface area (Å²) in [6, 6.07) is 13.8. The number of carbonyl (C=O) groups is 1. The largest absolute Gasteiger partial charge is 0.355 e. The van der Waals surface area contributed by atoms with E-state index in [4.69, 9.17) is 16.2 Å². The Balaban J connectivity index is 1.58. The Labute approximate surface area is 257 Å². The number of hydrogen-bond donors (Lipinski definition) is 3. The molecule has 2 heterocycles. The Kier molecular flexibility index (Phi) is 11.2. The number of carbonyl (C=O) groups excluding carboxylic acids is 1. The highest BCUT2D eigenvalue weighted by atomic mass is 35.5. The Morgan fingerprint density at radius 2 is 2.00 bits per heavy atom. The minimum absolute atomic E-state index is 0.0622. The number of fused-ring (bicyclic) bond motifs is 2. The van der Waals surface area contributed by atoms with Crippen molar-refractivity contribution in [2.24, 2.45) is 0 Å². The van der Waals surface area contributed by atoms with Crippen LogP contribution in [0.25, 0.3) is 16.3 Å². The van der Waals surface area contributed by atoms with Gasteiger partial charge in [-0.1, -0.05) is 55.5 Å². The topological polar surface area (TPSA) is 93.8 Å². The van der Waals surface area contributed by atoms with Crippen molar-refractivity contribution < 1.29 is 22.7 Å². The van der Waals surface area contributed by atoms with Gasteiger partial charge in [-0.2, -0.15) is 4.57 Å². The molecule has 11 heteroatoms. The molecule has 0 radical (unpaired) electrons. The van der Waals surface area contributed by atoms with Crippen molar-refractivity contribution in [3.8, 4) is 0 Å². The van der Waals surface area contributed by atoms with Crippen molar-refractivity contribution in [2.45, 2.75) is 43.5 Å². The number of rotatable bonds is 13. The first-order chi connectivity index (χ1) is 19.8. The van der Waals surface area contributed by atoms with Gasteiger partial charge in [-0.25, -0.2) is 4.21 Å². The molecule has 2 aromatic carbocycles. The molecule has 3 aromatic rings. The number of halogens is 1. The Hall–Kier alpha value is -2.47. The monoisotopic (exact) mass is 632 g/mol. The van der Waals surface area contributed by atoms with Gasteiger partial charge in [-0.05, 0) is 54.4 Å². The fourth-order valence-corrected chi connectivity index (χ4v) is 6.92. The molecule has 1 atom stereocenters. The third kappa shape index (κ3) is 7.49. The molecule has 218 valence electrons. The quantitative estimate of drug-likeness (QED) is 0.0507. The normalized spacial score (nSPS) is 16.3. The summed E-state index contributed by atoms with van der Waals surface area (Å²) in [4.78, 5) is 14.2. The minimum atomic E-state index is -2.06. The van der Waals surface area contributed by atoms with Gasteiger partial charge in [0.05, 0.1) is 4.90 Å². The van der Waals surface area contributed by atoms with Gasteiger partial charge in [-0.15, -0.1) is 11.6 Å². The number of amides is 1. The van der Waals surface area contributed by atoms with E-state index in [9.17, 15) is 13.6 Å². The smallest absolute Gasteiger partial charge is 0.262 e. The number of hydrogen-bond acceptors (Lipinski definition) is 6. The summed E-state index contributed by atoms with van der Waals surface area (Å²) in [6.45, 7) is 6.24. The lowest BCUT2D eigenvalue weighted by Gasteiger charge is -2.27. The maximum Gasteiger partial charge on any atom is 0.262 e. The molecule has 0 aliphatic carbocycles. The van der Waals surface area contributed by atoms with Crippen molar-refractivity contribution in [1.82, 2.24) is 5.32 Å². The van der Waals surface area contributed by atoms with E-state index >= 15 is 0 Å². The zero-order chi connectivity index (χ0) is 29.4. The first kappa shape index (κ1) is 31.5. The van der Waals surface area contributed by atoms with E-state index < -0.39 is 16.5 Å². The molecule has 3 N–H and O–H groups in total. The Morgan fingerprint density at radius 3 is 2.76 bits per heavy atom. The van der Waals surface area contributed by atoms with Crippen LogP contribution in [0.3, 0.4) is 0 Å². The fraction of sp³-hybridized carbons (Fsp3) is 0.333. The summed E-state index contributed by atoms with van der Waals surface area (Å²) in [5, 5.41) is 3.96. The van der Waals surface area contributed by atoms with E-state index in [1.54, 1.807) is 17.4 Å². The lowest BCUT2D eigenvalue weighted by molar-refractivity contribution is -0.668. The molecule has 0 spiro atoms. The number of para-hydroxylation sites is 1. The lowest BCUT2D eigenvalue weighted by Crippen LogP contribution is -2.35. The van der Waals surface area contributed by atoms with Crippen molar-refractivity contribution in [2.75, 3.05) is 29.6 Å². The number of nitrogens with zero attached hydrogens (tertiary/aromatic N) is 2. The van der Waals surface area contributed by atoms with Crippen LogP contribution in [0.5, 0.6) is 0 Å². The molecular weight excluding hydrogens is 598 g/mol. The second-order valence-electron chi connectivity index (χ2n) is 10.1. The van der Waals surface area contributed by atoms with Crippen molar-refractivity contribution in [3.05, 3.63) is 83.0 Å². The van der Waals surface area contributed by atoms with Crippen molar-refractivity contribution in [3.63, 3.8) is 0 Å². The number of benzene rings is 2. The zero-order valence-corrected chi connectivity index (χ0v) is 26.3. The molecule has 1 aliphatic heterocycles. The van der Waals surface area contributed by atoms with Gasteiger partial charge in [0.2, 0.25) is 11.4 Å². The van der Waals surface area contributed by atoms with Crippen LogP contribution in [-0.2, 0) is 27.8 Å². The lowest BCUT2D eigenvalue weighted by atomic mass is 9.83. The number of alkyl halides is 1. The number of aryl methyl sites for hydroxylation is 1. The van der Waals surface area contributed by atoms with E-state index in [0.717, 1.165) is 47.0 Å². The van der Waals surface area contributed by atoms with E-state index in [0.29, 0.717) is 30.2 Å². The molecular formula is C30H35ClN3O4S3+. The second-order valence-corrected chi connectivity index (χ2v) is 13.0. The number of aromatic nitrogens is 1. The van der Waals surface area contributed by atoms with E-state index in [-0.39, 0.29) is 11.8 Å². The molecule has 1 unspecified atom stereocenters. The first-order valence-electron chi connectivity index (χ1n) is 13.4. The van der Waals surface area contributed by atoms with Crippen LogP contribution in [-0.4, -0.2) is 43.9 Å². The SMILES string of the molecule is CC1(C)/C(=C/C=C/C=C/c2sc3ccccc3[n+]2CCCSO)N(CCCNC(=O)CCl)c2ccc(S(=O)O)cc21. The van der Waals surface area contributed by atoms with Gasteiger partial charge in [0.25, 0.3) is 5.01 Å². The van der Waals surface area contributed by atoms with Crippen LogP contribution >= 0.6 is 35.0 Å². The summed E-state index contributed by atoms with van der Waals surface area (Å²) in [5.41, 5.74) is 3.86. The standard InChI is InChI=1S/C30H34ClN3O4S3/c1-30(2)23-20-22(41(37)38)14-15-24(23)33(17-8-16-32-28(35)21-31)27(30)12-4-3-5-13-29-34(18-9-19-39-36)25-10-6-7-11-26(25)40-29/h3-7,10-15,20H,8-9,16-19,21H2,1-2H3,(H2-,32,35,36,37,38)/p+1. The van der Waals surface area contributed by atoms with Crippen LogP contribution in [0.4, 0.5) is 5.69 Å². The summed E-state index contributed by atoms with van der Waals surface area (Å²) in [6.07, 6.45) is 11.9. The fourth-order valence-electron chi connectivity index (χ4n) is 5.06. The van der Waals surface area contributed by atoms with Gasteiger partial charge < -0.3 is 19.3 Å². The molecule has 1 amide bonds. The number of anilines is 1. The third-order valence-corrected chi connectivity index (χ3v) is 9.54. The Bertz CT molecular complexity index is 1500. The highest BCUT2D eigenvalue weighted by Crippen LogP contribution is 2.48. The third-order valence-electron chi connectivity index (χ3n) is 7.04. The average Bonchev–Trinajstić information content (AvgIpc) is 3.42. The second kappa shape index (κ2) is 14.6. The number of thiazole rings is 1. The van der Waals surface area contributed by atoms with Gasteiger partial charge in [0.1, 0.15) is 10.6 Å². The molecule has 7 nitrogen and oxygen atoms in total. The molecule has 0 saturated heterocycles. The van der Waals surface area contributed by atoms with Crippen LogP contribution in [0.2, 0.25) is 0 Å². The summed E-state index contributed by atoms with van der Waals surface area (Å²) in [7, 11) is 0. The van der Waals surface area contributed by atoms with E-state index in [2.05, 4.69) is 52.9 Å². The summed E-state index contributed by atoms with van der Waals surface area (Å²) < 4.78 is 34.1. The van der Waals surface area contributed by atoms with Gasteiger partial charge in [-0.3, -0.25) is 4.79 Å². The maximum atomic E-state index is 11.8. The summed E-state index contributed by atoms with van der Waals surface area (Å²) in [5.74, 6) is 0.437. The maximum absolute atomic E-state index is 11.8. The predicted molar refractivity (Wildman–Crippen MR) is 172 cm³/mol. The van der Waals surface area contributed by atoms with Crippen LogP contribution in [0.15, 0.2) is 77.4 Å². The molecule has 41 heavy (non-hydrogen) atoms. The number of nitrogens with one attached hydrogen (secondary N) is 1. The van der Waals surface area contributed by atoms with E-state index in [1.165, 1.54) is 10.2 Å². The predicted octanol–water partition coefficient (Wildman–Crippen LogP) is 6.36. The first-order valence-corrected chi connectivity index (χ1v) is 16.8. The molecule has 4 rings (SSSR count). The molecule has 0 bridgehead atoms. The Morgan fingerprint density at radius 1 is 1.20 bits per heavy atom. The molecule has 0 fully saturated rings. The molecule has 0 saturated carbocycles. The summed E-state index contributed by atoms with van der Waals surface area (Å²) >= 11 is 6.16. The molecule has 1 aliphatic rings. The van der Waals surface area contributed by atoms with Crippen molar-refractivity contribution in [1.29, 1.82) is 0 Å². The van der Waals surface area contributed by atoms with Crippen molar-refractivity contribution >= 4 is 73.9 Å². The molecule has 1 aromatic heterocycles. The highest BCUT2D eigenvalue weighted by Gasteiger charge is 2.40. The van der Waals surface area contributed by atoms with Crippen LogP contribution in [0.1, 0.15) is 37.3 Å². The average molecular weight is 633 g/mol. The van der Waals surface area contributed by atoms with Gasteiger partial charge in [0.15, 0.2) is 17.6 Å². The van der Waals surface area contributed by atoms with Crippen LogP contribution in [0, 0.1) is 0 Å². The van der Waals surface area contributed by atoms with Crippen LogP contribution < -0.4 is 14.8 Å². The van der Waals surface area contributed by atoms with Gasteiger partial charge >= 0.3 is 0 Å². The number of allylic oxidation sites excluding steroid dienone is 5.